The smallest absolute Gasteiger partial charge is 0.181 e. The Morgan fingerprint density at radius 3 is 1.50 bits per heavy atom. The van der Waals surface area contributed by atoms with Gasteiger partial charge in [-0.2, -0.15) is 0 Å². The Morgan fingerprint density at radius 2 is 1.11 bits per heavy atom. The highest BCUT2D eigenvalue weighted by molar-refractivity contribution is 6.21. The summed E-state index contributed by atoms with van der Waals surface area (Å²) >= 11 is 0. The lowest BCUT2D eigenvalue weighted by Crippen LogP contribution is -2.23. The predicted molar refractivity (Wildman–Crippen MR) is 102 cm³/mol. The summed E-state index contributed by atoms with van der Waals surface area (Å²) in [6, 6.07) is 13.7. The molecule has 3 rings (SSSR count). The third-order valence-corrected chi connectivity index (χ3v) is 4.43. The zero-order valence-corrected chi connectivity index (χ0v) is 15.0. The van der Waals surface area contributed by atoms with Gasteiger partial charge in [-0.05, 0) is 36.8 Å². The van der Waals surface area contributed by atoms with E-state index in [1.54, 1.807) is 24.3 Å². The first-order chi connectivity index (χ1) is 13.3. The average Bonchev–Trinajstić information content (AvgIpc) is 2.63. The number of aryl methyl sites for hydroxylation is 1. The molecule has 3 aromatic carbocycles. The lowest BCUT2D eigenvalue weighted by Gasteiger charge is -2.17. The molecule has 0 aliphatic heterocycles. The van der Waals surface area contributed by atoms with Gasteiger partial charge in [-0.3, -0.25) is 9.59 Å². The van der Waals surface area contributed by atoms with Gasteiger partial charge in [0.2, 0.25) is 0 Å². The van der Waals surface area contributed by atoms with Crippen molar-refractivity contribution in [2.75, 3.05) is 0 Å². The highest BCUT2D eigenvalue weighted by atomic mass is 16.3. The zero-order valence-electron chi connectivity index (χ0n) is 15.0. The molecule has 0 bridgehead atoms. The molecular formula is C22H18O6. The van der Waals surface area contributed by atoms with Crippen LogP contribution in [0.3, 0.4) is 0 Å². The quantitative estimate of drug-likeness (QED) is 0.398. The van der Waals surface area contributed by atoms with Gasteiger partial charge in [-0.1, -0.05) is 29.8 Å². The maximum Gasteiger partial charge on any atom is 0.181 e. The van der Waals surface area contributed by atoms with E-state index < -0.39 is 29.0 Å². The Balaban J connectivity index is 2.13. The molecule has 0 radical (unpaired) electrons. The van der Waals surface area contributed by atoms with E-state index in [0.29, 0.717) is 5.56 Å². The van der Waals surface area contributed by atoms with Gasteiger partial charge in [0, 0.05) is 12.1 Å². The van der Waals surface area contributed by atoms with Gasteiger partial charge in [-0.15, -0.1) is 0 Å². The van der Waals surface area contributed by atoms with Crippen LogP contribution in [-0.2, 0) is 0 Å². The standard InChI is InChI=1S/C22H18O6/c1-12-2-4-13(5-3-12)20(21(27)16-8-6-14(23)10-18(16)25)22(28)17-9-7-15(24)11-19(17)26/h2-11,20,23-26H,1H3. The lowest BCUT2D eigenvalue weighted by molar-refractivity contribution is 0.0858. The molecule has 0 aliphatic rings. The van der Waals surface area contributed by atoms with Crippen molar-refractivity contribution in [3.05, 3.63) is 82.9 Å². The number of ketones is 2. The normalized spacial score (nSPS) is 10.8. The molecule has 0 spiro atoms. The molecule has 0 atom stereocenters. The van der Waals surface area contributed by atoms with Crippen molar-refractivity contribution in [1.29, 1.82) is 0 Å². The Bertz CT molecular complexity index is 990. The van der Waals surface area contributed by atoms with Crippen LogP contribution in [-0.4, -0.2) is 32.0 Å². The fraction of sp³-hybridized carbons (Fsp3) is 0.0909. The zero-order chi connectivity index (χ0) is 20.4. The number of carbonyl (C=O) groups is 2. The number of aromatic hydroxyl groups is 4. The van der Waals surface area contributed by atoms with E-state index >= 15 is 0 Å². The van der Waals surface area contributed by atoms with Crippen LogP contribution in [0.15, 0.2) is 60.7 Å². The summed E-state index contributed by atoms with van der Waals surface area (Å²) < 4.78 is 0. The fourth-order valence-corrected chi connectivity index (χ4v) is 2.95. The number of phenols is 4. The molecule has 0 amide bonds. The summed E-state index contributed by atoms with van der Waals surface area (Å²) in [5.74, 6) is -4.04. The average molecular weight is 378 g/mol. The van der Waals surface area contributed by atoms with E-state index in [0.717, 1.165) is 17.7 Å². The summed E-state index contributed by atoms with van der Waals surface area (Å²) in [7, 11) is 0. The minimum absolute atomic E-state index is 0.130. The molecule has 6 heteroatoms. The molecule has 0 fully saturated rings. The van der Waals surface area contributed by atoms with E-state index in [2.05, 4.69) is 0 Å². The van der Waals surface area contributed by atoms with Crippen molar-refractivity contribution in [1.82, 2.24) is 0 Å². The van der Waals surface area contributed by atoms with Gasteiger partial charge in [0.05, 0.1) is 11.1 Å². The maximum absolute atomic E-state index is 13.2. The number of Topliss-reactive ketones (excluding diaryl/α,β-unsaturated/α-hetero) is 2. The second kappa shape index (κ2) is 7.44. The van der Waals surface area contributed by atoms with E-state index in [-0.39, 0.29) is 22.6 Å². The van der Waals surface area contributed by atoms with E-state index in [1.807, 2.05) is 6.92 Å². The largest absolute Gasteiger partial charge is 0.508 e. The molecule has 28 heavy (non-hydrogen) atoms. The van der Waals surface area contributed by atoms with Crippen LogP contribution in [0.1, 0.15) is 37.8 Å². The number of hydrogen-bond acceptors (Lipinski definition) is 6. The number of rotatable bonds is 5. The highest BCUT2D eigenvalue weighted by Crippen LogP contribution is 2.34. The van der Waals surface area contributed by atoms with Crippen molar-refractivity contribution in [2.24, 2.45) is 0 Å². The van der Waals surface area contributed by atoms with Crippen LogP contribution in [0.5, 0.6) is 23.0 Å². The van der Waals surface area contributed by atoms with Crippen molar-refractivity contribution in [3.8, 4) is 23.0 Å². The summed E-state index contributed by atoms with van der Waals surface area (Å²) in [4.78, 5) is 26.3. The van der Waals surface area contributed by atoms with E-state index in [1.165, 1.54) is 24.3 Å². The monoisotopic (exact) mass is 378 g/mol. The Kier molecular flexibility index (Phi) is 5.04. The minimum atomic E-state index is -1.33. The van der Waals surface area contributed by atoms with Crippen molar-refractivity contribution < 1.29 is 30.0 Å². The van der Waals surface area contributed by atoms with Crippen LogP contribution in [0, 0.1) is 6.92 Å². The fourth-order valence-electron chi connectivity index (χ4n) is 2.95. The number of phenolic OH excluding ortho intramolecular Hbond substituents is 4. The highest BCUT2D eigenvalue weighted by Gasteiger charge is 2.33. The summed E-state index contributed by atoms with van der Waals surface area (Å²) in [5.41, 5.74) is 1.06. The molecule has 6 nitrogen and oxygen atoms in total. The Hall–Kier alpha value is -3.80. The van der Waals surface area contributed by atoms with E-state index in [4.69, 9.17) is 0 Å². The van der Waals surface area contributed by atoms with Crippen LogP contribution in [0.2, 0.25) is 0 Å². The summed E-state index contributed by atoms with van der Waals surface area (Å²) in [6.45, 7) is 1.86. The van der Waals surface area contributed by atoms with Crippen LogP contribution in [0.25, 0.3) is 0 Å². The molecule has 0 saturated carbocycles. The first kappa shape index (κ1) is 19.0. The SMILES string of the molecule is Cc1ccc(C(C(=O)c2ccc(O)cc2O)C(=O)c2ccc(O)cc2O)cc1. The molecule has 0 unspecified atom stereocenters. The topological polar surface area (TPSA) is 115 Å². The van der Waals surface area contributed by atoms with Crippen molar-refractivity contribution in [3.63, 3.8) is 0 Å². The van der Waals surface area contributed by atoms with Gasteiger partial charge in [0.15, 0.2) is 11.6 Å². The third-order valence-electron chi connectivity index (χ3n) is 4.43. The maximum atomic E-state index is 13.2. The molecule has 3 aromatic rings. The molecule has 0 aliphatic carbocycles. The van der Waals surface area contributed by atoms with Gasteiger partial charge in [0.1, 0.15) is 28.9 Å². The third kappa shape index (κ3) is 3.66. The Labute approximate surface area is 161 Å². The van der Waals surface area contributed by atoms with Gasteiger partial charge in [0.25, 0.3) is 0 Å². The van der Waals surface area contributed by atoms with E-state index in [9.17, 15) is 30.0 Å². The molecule has 0 aromatic heterocycles. The first-order valence-corrected chi connectivity index (χ1v) is 8.47. The Morgan fingerprint density at radius 1 is 0.679 bits per heavy atom. The van der Waals surface area contributed by atoms with Crippen LogP contribution < -0.4 is 0 Å². The number of carbonyl (C=O) groups excluding carboxylic acids is 2. The number of benzene rings is 3. The minimum Gasteiger partial charge on any atom is -0.508 e. The molecule has 0 heterocycles. The summed E-state index contributed by atoms with van der Waals surface area (Å²) in [5, 5.41) is 39.1. The van der Waals surface area contributed by atoms with Crippen LogP contribution in [0.4, 0.5) is 0 Å². The van der Waals surface area contributed by atoms with Crippen LogP contribution >= 0.6 is 0 Å². The lowest BCUT2D eigenvalue weighted by atomic mass is 9.83. The van der Waals surface area contributed by atoms with Gasteiger partial charge in [-0.25, -0.2) is 0 Å². The second-order valence-corrected chi connectivity index (χ2v) is 6.48. The molecule has 0 saturated heterocycles. The number of hydrogen-bond donors (Lipinski definition) is 4. The predicted octanol–water partition coefficient (Wildman–Crippen LogP) is 3.67. The van der Waals surface area contributed by atoms with Gasteiger partial charge >= 0.3 is 0 Å². The molecule has 142 valence electrons. The second-order valence-electron chi connectivity index (χ2n) is 6.48. The molecular weight excluding hydrogens is 360 g/mol. The molecule has 4 N–H and O–H groups in total. The van der Waals surface area contributed by atoms with Crippen molar-refractivity contribution >= 4 is 11.6 Å². The summed E-state index contributed by atoms with van der Waals surface area (Å²) in [6.07, 6.45) is 0. The van der Waals surface area contributed by atoms with Gasteiger partial charge < -0.3 is 20.4 Å². The van der Waals surface area contributed by atoms with Crippen molar-refractivity contribution in [2.45, 2.75) is 12.8 Å². The first-order valence-electron chi connectivity index (χ1n) is 8.47.